The molecule has 0 aromatic carbocycles. The van der Waals surface area contributed by atoms with Crippen molar-refractivity contribution in [1.82, 2.24) is 9.88 Å². The highest BCUT2D eigenvalue weighted by Gasteiger charge is 2.27. The molecule has 21 heavy (non-hydrogen) atoms. The van der Waals surface area contributed by atoms with E-state index in [2.05, 4.69) is 4.98 Å². The predicted molar refractivity (Wildman–Crippen MR) is 80.4 cm³/mol. The third-order valence-corrected chi connectivity index (χ3v) is 4.03. The Labute approximate surface area is 125 Å². The quantitative estimate of drug-likeness (QED) is 0.873. The van der Waals surface area contributed by atoms with Gasteiger partial charge in [-0.05, 0) is 31.4 Å². The number of carbonyl (C=O) groups is 1. The minimum Gasteiger partial charge on any atom is -0.480 e. The summed E-state index contributed by atoms with van der Waals surface area (Å²) in [6.07, 6.45) is 7.88. The van der Waals surface area contributed by atoms with E-state index in [9.17, 15) is 4.79 Å². The Balaban J connectivity index is 2.20. The Morgan fingerprint density at radius 1 is 1.43 bits per heavy atom. The average molecular weight is 292 g/mol. The fraction of sp³-hybridized carbons (Fsp3) is 0.625. The number of ether oxygens (including phenoxy) is 1. The maximum absolute atomic E-state index is 12.9. The molecule has 5 nitrogen and oxygen atoms in total. The third kappa shape index (κ3) is 3.94. The van der Waals surface area contributed by atoms with E-state index in [0.29, 0.717) is 24.4 Å². The molecular weight excluding hydrogens is 268 g/mol. The van der Waals surface area contributed by atoms with E-state index in [1.54, 1.807) is 18.3 Å². The van der Waals surface area contributed by atoms with Gasteiger partial charge < -0.3 is 14.7 Å². The molecule has 0 aliphatic heterocycles. The molecule has 0 saturated heterocycles. The van der Waals surface area contributed by atoms with E-state index < -0.39 is 0 Å². The van der Waals surface area contributed by atoms with Crippen LogP contribution in [0.5, 0.6) is 5.88 Å². The van der Waals surface area contributed by atoms with Gasteiger partial charge in [0.2, 0.25) is 5.88 Å². The van der Waals surface area contributed by atoms with Crippen LogP contribution in [0.25, 0.3) is 0 Å². The number of hydrogen-bond donors (Lipinski definition) is 1. The number of rotatable bonds is 6. The first-order valence-electron chi connectivity index (χ1n) is 7.68. The summed E-state index contributed by atoms with van der Waals surface area (Å²) >= 11 is 0. The summed E-state index contributed by atoms with van der Waals surface area (Å²) in [4.78, 5) is 18.9. The normalized spacial score (nSPS) is 15.7. The van der Waals surface area contributed by atoms with Gasteiger partial charge in [-0.3, -0.25) is 4.79 Å². The van der Waals surface area contributed by atoms with Gasteiger partial charge in [-0.1, -0.05) is 19.3 Å². The molecule has 1 N–H and O–H groups in total. The van der Waals surface area contributed by atoms with Crippen LogP contribution in [0.4, 0.5) is 0 Å². The SMILES string of the molecule is COc1ncccc1C(=O)N(CCCO)C1CCCCC1. The number of nitrogens with zero attached hydrogens (tertiary/aromatic N) is 2. The first-order valence-corrected chi connectivity index (χ1v) is 7.68. The van der Waals surface area contributed by atoms with Crippen LogP contribution >= 0.6 is 0 Å². The topological polar surface area (TPSA) is 62.7 Å². The standard InChI is InChI=1S/C16H24N2O3/c1-21-15-14(9-5-10-17-15)16(20)18(11-6-12-19)13-7-3-2-4-8-13/h5,9-10,13,19H,2-4,6-8,11-12H2,1H3. The minimum atomic E-state index is -0.0414. The number of aromatic nitrogens is 1. The number of pyridine rings is 1. The van der Waals surface area contributed by atoms with Crippen molar-refractivity contribution in [2.75, 3.05) is 20.3 Å². The molecular formula is C16H24N2O3. The van der Waals surface area contributed by atoms with E-state index in [4.69, 9.17) is 9.84 Å². The number of amides is 1. The molecule has 0 radical (unpaired) electrons. The van der Waals surface area contributed by atoms with Gasteiger partial charge in [-0.2, -0.15) is 0 Å². The fourth-order valence-corrected chi connectivity index (χ4v) is 2.95. The number of aliphatic hydroxyl groups is 1. The van der Waals surface area contributed by atoms with Gasteiger partial charge in [-0.15, -0.1) is 0 Å². The smallest absolute Gasteiger partial charge is 0.259 e. The van der Waals surface area contributed by atoms with Crippen molar-refractivity contribution in [3.05, 3.63) is 23.9 Å². The maximum atomic E-state index is 12.9. The van der Waals surface area contributed by atoms with E-state index >= 15 is 0 Å². The van der Waals surface area contributed by atoms with Crippen LogP contribution in [-0.2, 0) is 0 Å². The molecule has 2 rings (SSSR count). The van der Waals surface area contributed by atoms with Gasteiger partial charge in [0.05, 0.1) is 7.11 Å². The highest BCUT2D eigenvalue weighted by atomic mass is 16.5. The second-order valence-corrected chi connectivity index (χ2v) is 5.43. The summed E-state index contributed by atoms with van der Waals surface area (Å²) in [6.45, 7) is 0.679. The molecule has 1 fully saturated rings. The van der Waals surface area contributed by atoms with Crippen LogP contribution in [0.15, 0.2) is 18.3 Å². The van der Waals surface area contributed by atoms with Crippen molar-refractivity contribution in [3.63, 3.8) is 0 Å². The van der Waals surface area contributed by atoms with Crippen molar-refractivity contribution in [2.24, 2.45) is 0 Å². The van der Waals surface area contributed by atoms with Crippen molar-refractivity contribution in [3.8, 4) is 5.88 Å². The highest BCUT2D eigenvalue weighted by molar-refractivity contribution is 5.96. The van der Waals surface area contributed by atoms with Crippen molar-refractivity contribution < 1.29 is 14.6 Å². The Bertz CT molecular complexity index is 459. The van der Waals surface area contributed by atoms with Crippen molar-refractivity contribution in [1.29, 1.82) is 0 Å². The molecule has 1 amide bonds. The molecule has 1 aromatic rings. The first-order chi connectivity index (χ1) is 10.3. The van der Waals surface area contributed by atoms with Crippen LogP contribution in [0.1, 0.15) is 48.9 Å². The zero-order valence-electron chi connectivity index (χ0n) is 12.6. The summed E-state index contributed by atoms with van der Waals surface area (Å²) in [5.41, 5.74) is 0.503. The van der Waals surface area contributed by atoms with Gasteiger partial charge in [0.25, 0.3) is 5.91 Å². The van der Waals surface area contributed by atoms with Crippen molar-refractivity contribution in [2.45, 2.75) is 44.6 Å². The minimum absolute atomic E-state index is 0.0414. The number of methoxy groups -OCH3 is 1. The Kier molecular flexibility index (Phi) is 5.99. The summed E-state index contributed by atoms with van der Waals surface area (Å²) in [5, 5.41) is 9.09. The van der Waals surface area contributed by atoms with E-state index in [0.717, 1.165) is 25.7 Å². The lowest BCUT2D eigenvalue weighted by Crippen LogP contribution is -2.42. The summed E-state index contributed by atoms with van der Waals surface area (Å²) in [7, 11) is 1.53. The lowest BCUT2D eigenvalue weighted by Gasteiger charge is -2.34. The lowest BCUT2D eigenvalue weighted by molar-refractivity contribution is 0.0614. The molecule has 5 heteroatoms. The maximum Gasteiger partial charge on any atom is 0.259 e. The zero-order chi connectivity index (χ0) is 15.1. The van der Waals surface area contributed by atoms with Gasteiger partial charge in [-0.25, -0.2) is 4.98 Å². The van der Waals surface area contributed by atoms with Gasteiger partial charge in [0, 0.05) is 25.4 Å². The average Bonchev–Trinajstić information content (AvgIpc) is 2.56. The van der Waals surface area contributed by atoms with E-state index in [1.807, 2.05) is 4.90 Å². The second kappa shape index (κ2) is 7.98. The zero-order valence-corrected chi connectivity index (χ0v) is 12.6. The van der Waals surface area contributed by atoms with Gasteiger partial charge in [0.15, 0.2) is 0 Å². The monoisotopic (exact) mass is 292 g/mol. The lowest BCUT2D eigenvalue weighted by atomic mass is 9.93. The molecule has 116 valence electrons. The Morgan fingerprint density at radius 2 is 2.19 bits per heavy atom. The predicted octanol–water partition coefficient (Wildman–Crippen LogP) is 2.25. The highest BCUT2D eigenvalue weighted by Crippen LogP contribution is 2.26. The van der Waals surface area contributed by atoms with E-state index in [1.165, 1.54) is 13.5 Å². The largest absolute Gasteiger partial charge is 0.480 e. The van der Waals surface area contributed by atoms with Crippen LogP contribution in [0.2, 0.25) is 0 Å². The van der Waals surface area contributed by atoms with Gasteiger partial charge in [0.1, 0.15) is 5.56 Å². The Morgan fingerprint density at radius 3 is 2.86 bits per heavy atom. The number of aliphatic hydroxyl groups excluding tert-OH is 1. The second-order valence-electron chi connectivity index (χ2n) is 5.43. The van der Waals surface area contributed by atoms with Gasteiger partial charge >= 0.3 is 0 Å². The molecule has 1 heterocycles. The number of hydrogen-bond acceptors (Lipinski definition) is 4. The summed E-state index contributed by atoms with van der Waals surface area (Å²) in [6, 6.07) is 3.77. The molecule has 1 aliphatic carbocycles. The fourth-order valence-electron chi connectivity index (χ4n) is 2.95. The van der Waals surface area contributed by atoms with Crippen molar-refractivity contribution >= 4 is 5.91 Å². The molecule has 0 atom stereocenters. The molecule has 0 bridgehead atoms. The summed E-state index contributed by atoms with van der Waals surface area (Å²) < 4.78 is 5.20. The molecule has 1 aromatic heterocycles. The Hall–Kier alpha value is -1.62. The number of carbonyl (C=O) groups excluding carboxylic acids is 1. The summed E-state index contributed by atoms with van der Waals surface area (Å²) in [5.74, 6) is 0.326. The third-order valence-electron chi connectivity index (χ3n) is 4.03. The molecule has 1 saturated carbocycles. The molecule has 0 spiro atoms. The first kappa shape index (κ1) is 15.8. The van der Waals surface area contributed by atoms with E-state index in [-0.39, 0.29) is 18.6 Å². The molecule has 1 aliphatic rings. The van der Waals surface area contributed by atoms with Crippen LogP contribution in [0, 0.1) is 0 Å². The van der Waals surface area contributed by atoms with Crippen LogP contribution in [0.3, 0.4) is 0 Å². The molecule has 0 unspecified atom stereocenters. The van der Waals surface area contributed by atoms with Crippen LogP contribution < -0.4 is 4.74 Å². The van der Waals surface area contributed by atoms with Crippen LogP contribution in [-0.4, -0.2) is 47.2 Å².